The fourth-order valence-electron chi connectivity index (χ4n) is 2.25. The van der Waals surface area contributed by atoms with Crippen molar-refractivity contribution in [2.24, 2.45) is 0 Å². The number of amides is 2. The van der Waals surface area contributed by atoms with Crippen molar-refractivity contribution in [3.05, 3.63) is 41.2 Å². The third-order valence-electron chi connectivity index (χ3n) is 3.75. The Balaban J connectivity index is 1.60. The third-order valence-corrected chi connectivity index (χ3v) is 4.87. The van der Waals surface area contributed by atoms with Crippen molar-refractivity contribution in [1.29, 1.82) is 0 Å². The summed E-state index contributed by atoms with van der Waals surface area (Å²) in [5.74, 6) is -1.08. The summed E-state index contributed by atoms with van der Waals surface area (Å²) in [6.45, 7) is 6.73. The highest BCUT2D eigenvalue weighted by Crippen LogP contribution is 2.20. The molecule has 2 atom stereocenters. The minimum Gasteiger partial charge on any atom is -0.484 e. The smallest absolute Gasteiger partial charge is 0.257 e. The molecule has 10 heteroatoms. The Labute approximate surface area is 172 Å². The molecule has 0 bridgehead atoms. The van der Waals surface area contributed by atoms with Crippen molar-refractivity contribution in [3.8, 4) is 5.75 Å². The zero-order valence-electron chi connectivity index (χ0n) is 15.4. The van der Waals surface area contributed by atoms with Crippen molar-refractivity contribution in [2.75, 3.05) is 26.3 Å². The van der Waals surface area contributed by atoms with Gasteiger partial charge in [0.2, 0.25) is 5.91 Å². The molecule has 0 spiro atoms. The minimum atomic E-state index is -0.621. The van der Waals surface area contributed by atoms with E-state index in [4.69, 9.17) is 20.5 Å². The normalized spacial score (nSPS) is 19.0. The number of hydrogen-bond donors (Lipinski definition) is 3. The Kier molecular flexibility index (Phi) is 9.04. The maximum atomic E-state index is 13.3. The maximum Gasteiger partial charge on any atom is 0.257 e. The monoisotopic (exact) mass is 431 g/mol. The highest BCUT2D eigenvalue weighted by molar-refractivity contribution is 7.95. The fraction of sp³-hybridized carbons (Fsp3) is 0.444. The summed E-state index contributed by atoms with van der Waals surface area (Å²) in [7, 11) is 0. The van der Waals surface area contributed by atoms with Crippen LogP contribution in [0.3, 0.4) is 0 Å². The van der Waals surface area contributed by atoms with Crippen molar-refractivity contribution >= 4 is 35.5 Å². The molecule has 1 aliphatic rings. The standard InChI is InChI=1S/C18H23ClFN3O4S/c1-11(18(25)22-8-17-23-12(2)9-27-28-17)5-6-21-16(24)10-26-13-3-4-14(19)15(20)7-13/h3-4,7,12,17,23H,1,5-6,8-10H2,2H3,(H,21,24)(H,22,25). The van der Waals surface area contributed by atoms with Gasteiger partial charge in [-0.3, -0.25) is 14.9 Å². The predicted octanol–water partition coefficient (Wildman–Crippen LogP) is 2.02. The van der Waals surface area contributed by atoms with Crippen LogP contribution in [0.4, 0.5) is 4.39 Å². The number of hydrogen-bond acceptors (Lipinski definition) is 6. The van der Waals surface area contributed by atoms with Crippen LogP contribution >= 0.6 is 23.6 Å². The zero-order chi connectivity index (χ0) is 20.5. The van der Waals surface area contributed by atoms with Gasteiger partial charge >= 0.3 is 0 Å². The van der Waals surface area contributed by atoms with E-state index in [-0.39, 0.29) is 41.2 Å². The molecule has 0 aromatic heterocycles. The van der Waals surface area contributed by atoms with E-state index in [1.807, 2.05) is 6.92 Å². The van der Waals surface area contributed by atoms with Crippen LogP contribution in [-0.2, 0) is 13.8 Å². The zero-order valence-corrected chi connectivity index (χ0v) is 17.0. The molecule has 2 unspecified atom stereocenters. The Hall–Kier alpha value is -1.81. The van der Waals surface area contributed by atoms with Gasteiger partial charge in [0, 0.05) is 42.8 Å². The topological polar surface area (TPSA) is 88.7 Å². The van der Waals surface area contributed by atoms with E-state index < -0.39 is 11.7 Å². The summed E-state index contributed by atoms with van der Waals surface area (Å²) < 4.78 is 23.8. The minimum absolute atomic E-state index is 0.0185. The predicted molar refractivity (Wildman–Crippen MR) is 107 cm³/mol. The van der Waals surface area contributed by atoms with Gasteiger partial charge in [0.15, 0.2) is 6.61 Å². The molecule has 0 saturated carbocycles. The lowest BCUT2D eigenvalue weighted by atomic mass is 10.2. The Bertz CT molecular complexity index is 722. The average Bonchev–Trinajstić information content (AvgIpc) is 2.67. The molecule has 0 radical (unpaired) electrons. The molecule has 1 heterocycles. The van der Waals surface area contributed by atoms with E-state index in [0.29, 0.717) is 25.1 Å². The van der Waals surface area contributed by atoms with Crippen LogP contribution in [0.1, 0.15) is 13.3 Å². The number of carbonyl (C=O) groups excluding carboxylic acids is 2. The lowest BCUT2D eigenvalue weighted by molar-refractivity contribution is -0.123. The first-order valence-electron chi connectivity index (χ1n) is 8.70. The molecule has 2 rings (SSSR count). The summed E-state index contributed by atoms with van der Waals surface area (Å²) >= 11 is 6.87. The maximum absolute atomic E-state index is 13.3. The van der Waals surface area contributed by atoms with Gasteiger partial charge in [-0.05, 0) is 25.5 Å². The molecule has 1 aromatic carbocycles. The first kappa shape index (κ1) is 22.5. The van der Waals surface area contributed by atoms with E-state index in [0.717, 1.165) is 6.07 Å². The molecule has 0 aliphatic carbocycles. The van der Waals surface area contributed by atoms with Crippen LogP contribution in [0.25, 0.3) is 0 Å². The summed E-state index contributed by atoms with van der Waals surface area (Å²) in [6.07, 6.45) is 0.297. The van der Waals surface area contributed by atoms with Crippen molar-refractivity contribution < 1.29 is 22.9 Å². The van der Waals surface area contributed by atoms with E-state index in [1.54, 1.807) is 0 Å². The van der Waals surface area contributed by atoms with Crippen LogP contribution in [0.2, 0.25) is 5.02 Å². The molecule has 1 aromatic rings. The van der Waals surface area contributed by atoms with E-state index in [2.05, 4.69) is 22.5 Å². The molecule has 3 N–H and O–H groups in total. The quantitative estimate of drug-likeness (QED) is 0.409. The lowest BCUT2D eigenvalue weighted by Crippen LogP contribution is -2.47. The highest BCUT2D eigenvalue weighted by Gasteiger charge is 2.20. The molecular formula is C18H23ClFN3O4S. The SMILES string of the molecule is C=C(CCNC(=O)COc1ccc(Cl)c(F)c1)C(=O)NCC1NC(C)COS1. The first-order chi connectivity index (χ1) is 13.3. The molecule has 1 fully saturated rings. The Morgan fingerprint density at radius 3 is 2.96 bits per heavy atom. The number of carbonyl (C=O) groups is 2. The molecule has 2 amide bonds. The van der Waals surface area contributed by atoms with Crippen molar-refractivity contribution in [1.82, 2.24) is 16.0 Å². The summed E-state index contributed by atoms with van der Waals surface area (Å²) in [4.78, 5) is 23.8. The van der Waals surface area contributed by atoms with Gasteiger partial charge in [-0.25, -0.2) is 4.39 Å². The lowest BCUT2D eigenvalue weighted by Gasteiger charge is -2.27. The number of halogens is 2. The van der Waals surface area contributed by atoms with E-state index >= 15 is 0 Å². The molecule has 7 nitrogen and oxygen atoms in total. The molecule has 1 aliphatic heterocycles. The van der Waals surface area contributed by atoms with Gasteiger partial charge in [-0.15, -0.1) is 0 Å². The van der Waals surface area contributed by atoms with Crippen LogP contribution in [0.5, 0.6) is 5.75 Å². The molecule has 154 valence electrons. The van der Waals surface area contributed by atoms with Gasteiger partial charge in [0.25, 0.3) is 5.91 Å². The number of benzene rings is 1. The van der Waals surface area contributed by atoms with Gasteiger partial charge in [0.1, 0.15) is 11.6 Å². The summed E-state index contributed by atoms with van der Waals surface area (Å²) in [5.41, 5.74) is 0.357. The van der Waals surface area contributed by atoms with E-state index in [9.17, 15) is 14.0 Å². The Morgan fingerprint density at radius 2 is 2.25 bits per heavy atom. The van der Waals surface area contributed by atoms with Gasteiger partial charge in [0.05, 0.1) is 17.0 Å². The number of nitrogens with one attached hydrogen (secondary N) is 3. The number of ether oxygens (including phenoxy) is 1. The second-order valence-corrected chi connectivity index (χ2v) is 7.62. The van der Waals surface area contributed by atoms with Gasteiger partial charge < -0.3 is 19.6 Å². The second-order valence-electron chi connectivity index (χ2n) is 6.22. The Morgan fingerprint density at radius 1 is 1.46 bits per heavy atom. The second kappa shape index (κ2) is 11.3. The molecular weight excluding hydrogens is 409 g/mol. The van der Waals surface area contributed by atoms with Gasteiger partial charge in [-0.1, -0.05) is 18.2 Å². The van der Waals surface area contributed by atoms with Crippen LogP contribution in [-0.4, -0.2) is 49.5 Å². The van der Waals surface area contributed by atoms with Crippen molar-refractivity contribution in [3.63, 3.8) is 0 Å². The summed E-state index contributed by atoms with van der Waals surface area (Å²) in [6, 6.07) is 4.15. The molecule has 28 heavy (non-hydrogen) atoms. The summed E-state index contributed by atoms with van der Waals surface area (Å²) in [5, 5.41) is 8.65. The highest BCUT2D eigenvalue weighted by atomic mass is 35.5. The van der Waals surface area contributed by atoms with Gasteiger partial charge in [-0.2, -0.15) is 0 Å². The van der Waals surface area contributed by atoms with E-state index in [1.165, 1.54) is 24.2 Å². The molecule has 1 saturated heterocycles. The third kappa shape index (κ3) is 7.67. The largest absolute Gasteiger partial charge is 0.484 e. The first-order valence-corrected chi connectivity index (χ1v) is 9.88. The number of rotatable bonds is 9. The van der Waals surface area contributed by atoms with Crippen LogP contribution < -0.4 is 20.7 Å². The average molecular weight is 432 g/mol. The van der Waals surface area contributed by atoms with Crippen LogP contribution in [0.15, 0.2) is 30.4 Å². The fourth-order valence-corrected chi connectivity index (χ4v) is 3.26. The van der Waals surface area contributed by atoms with Crippen LogP contribution in [0, 0.1) is 5.82 Å². The van der Waals surface area contributed by atoms with Crippen molar-refractivity contribution in [2.45, 2.75) is 24.8 Å².